The lowest BCUT2D eigenvalue weighted by molar-refractivity contribution is -0.167. The summed E-state index contributed by atoms with van der Waals surface area (Å²) in [6.07, 6.45) is 62.6. The summed E-state index contributed by atoms with van der Waals surface area (Å²) in [5.41, 5.74) is 0. The molecule has 6 heteroatoms. The van der Waals surface area contributed by atoms with Gasteiger partial charge in [-0.25, -0.2) is 0 Å². The summed E-state index contributed by atoms with van der Waals surface area (Å²) in [6.45, 7) is 13.8. The van der Waals surface area contributed by atoms with Crippen molar-refractivity contribution in [2.24, 2.45) is 17.8 Å². The van der Waals surface area contributed by atoms with E-state index in [9.17, 15) is 14.4 Å². The third kappa shape index (κ3) is 59.3. The van der Waals surface area contributed by atoms with Crippen molar-refractivity contribution in [3.63, 3.8) is 0 Å². The predicted octanol–water partition coefficient (Wildman–Crippen LogP) is 21.8. The Morgan fingerprint density at radius 1 is 0.236 bits per heavy atom. The van der Waals surface area contributed by atoms with Gasteiger partial charge in [-0.05, 0) is 37.0 Å². The highest BCUT2D eigenvalue weighted by Gasteiger charge is 2.19. The van der Waals surface area contributed by atoms with Gasteiger partial charge in [-0.1, -0.05) is 330 Å². The Morgan fingerprint density at radius 2 is 0.403 bits per heavy atom. The van der Waals surface area contributed by atoms with Crippen molar-refractivity contribution in [3.05, 3.63) is 0 Å². The molecule has 428 valence electrons. The van der Waals surface area contributed by atoms with E-state index in [2.05, 4.69) is 41.5 Å². The van der Waals surface area contributed by atoms with Crippen molar-refractivity contribution in [2.45, 2.75) is 375 Å². The van der Waals surface area contributed by atoms with Crippen LogP contribution in [0.5, 0.6) is 0 Å². The molecule has 0 fully saturated rings. The van der Waals surface area contributed by atoms with Crippen LogP contribution in [-0.4, -0.2) is 37.2 Å². The molecule has 0 N–H and O–H groups in total. The van der Waals surface area contributed by atoms with E-state index in [0.29, 0.717) is 19.3 Å². The van der Waals surface area contributed by atoms with Gasteiger partial charge >= 0.3 is 17.9 Å². The molecule has 0 aromatic rings. The van der Waals surface area contributed by atoms with Gasteiger partial charge in [0.2, 0.25) is 0 Å². The van der Waals surface area contributed by atoms with Crippen LogP contribution < -0.4 is 0 Å². The zero-order valence-electron chi connectivity index (χ0n) is 49.7. The molecule has 0 heterocycles. The maximum atomic E-state index is 12.9. The van der Waals surface area contributed by atoms with Crippen LogP contribution in [0.3, 0.4) is 0 Å². The first-order chi connectivity index (χ1) is 35.1. The second-order valence-corrected chi connectivity index (χ2v) is 24.2. The Hall–Kier alpha value is -1.59. The number of rotatable bonds is 59. The van der Waals surface area contributed by atoms with E-state index in [1.54, 1.807) is 0 Å². The van der Waals surface area contributed by atoms with Gasteiger partial charge in [-0.15, -0.1) is 0 Å². The van der Waals surface area contributed by atoms with E-state index in [4.69, 9.17) is 14.2 Å². The number of unbranched alkanes of at least 4 members (excludes halogenated alkanes) is 42. The second kappa shape index (κ2) is 57.1. The minimum Gasteiger partial charge on any atom is -0.462 e. The van der Waals surface area contributed by atoms with Crippen molar-refractivity contribution in [1.82, 2.24) is 0 Å². The van der Waals surface area contributed by atoms with Gasteiger partial charge in [0.05, 0.1) is 0 Å². The van der Waals surface area contributed by atoms with Gasteiger partial charge in [-0.2, -0.15) is 0 Å². The standard InChI is InChI=1S/C66H128O6/c1-60(2)52-46-40-34-28-23-19-15-11-7-9-13-17-21-25-31-37-43-49-55-64(67)70-58-63(59-71-65(68)56-50-44-38-33-27-30-36-42-48-54-62(5)6)72-66(69)57-51-45-39-32-26-22-18-14-10-8-12-16-20-24-29-35-41-47-53-61(3)4/h60-63H,7-59H2,1-6H3/t63-/m1/s1. The largest absolute Gasteiger partial charge is 0.462 e. The molecule has 0 spiro atoms. The smallest absolute Gasteiger partial charge is 0.306 e. The zero-order valence-corrected chi connectivity index (χ0v) is 49.7. The summed E-state index contributed by atoms with van der Waals surface area (Å²) in [4.78, 5) is 38.3. The van der Waals surface area contributed by atoms with Crippen molar-refractivity contribution in [3.8, 4) is 0 Å². The third-order valence-corrected chi connectivity index (χ3v) is 15.1. The summed E-state index contributed by atoms with van der Waals surface area (Å²) >= 11 is 0. The van der Waals surface area contributed by atoms with Gasteiger partial charge < -0.3 is 14.2 Å². The van der Waals surface area contributed by atoms with Crippen LogP contribution in [0.1, 0.15) is 369 Å². The average Bonchev–Trinajstić information content (AvgIpc) is 3.34. The molecule has 0 unspecified atom stereocenters. The lowest BCUT2D eigenvalue weighted by Gasteiger charge is -2.18. The fourth-order valence-corrected chi connectivity index (χ4v) is 10.2. The molecule has 0 aromatic carbocycles. The molecule has 0 aliphatic rings. The molecule has 0 aliphatic carbocycles. The minimum atomic E-state index is -0.765. The Kier molecular flexibility index (Phi) is 55.9. The number of hydrogen-bond acceptors (Lipinski definition) is 6. The highest BCUT2D eigenvalue weighted by atomic mass is 16.6. The number of esters is 3. The van der Waals surface area contributed by atoms with Crippen molar-refractivity contribution >= 4 is 17.9 Å². The van der Waals surface area contributed by atoms with Crippen molar-refractivity contribution in [2.75, 3.05) is 13.2 Å². The molecule has 1 atom stereocenters. The fourth-order valence-electron chi connectivity index (χ4n) is 10.2. The minimum absolute atomic E-state index is 0.0627. The van der Waals surface area contributed by atoms with Crippen LogP contribution in [0.25, 0.3) is 0 Å². The lowest BCUT2D eigenvalue weighted by atomic mass is 10.0. The summed E-state index contributed by atoms with van der Waals surface area (Å²) in [6, 6.07) is 0. The predicted molar refractivity (Wildman–Crippen MR) is 312 cm³/mol. The van der Waals surface area contributed by atoms with E-state index < -0.39 is 6.10 Å². The summed E-state index contributed by atoms with van der Waals surface area (Å²) in [5, 5.41) is 0. The highest BCUT2D eigenvalue weighted by molar-refractivity contribution is 5.71. The molecular formula is C66H128O6. The fraction of sp³-hybridized carbons (Fsp3) is 0.955. The van der Waals surface area contributed by atoms with Gasteiger partial charge in [0.15, 0.2) is 6.10 Å². The van der Waals surface area contributed by atoms with Crippen LogP contribution in [0.2, 0.25) is 0 Å². The van der Waals surface area contributed by atoms with E-state index in [1.165, 1.54) is 250 Å². The molecule has 0 saturated carbocycles. The Labute approximate surface area is 450 Å². The normalized spacial score (nSPS) is 12.1. The van der Waals surface area contributed by atoms with Gasteiger partial charge in [0.25, 0.3) is 0 Å². The first-order valence-electron chi connectivity index (χ1n) is 32.6. The monoisotopic (exact) mass is 1020 g/mol. The molecule has 0 aliphatic heterocycles. The molecule has 6 nitrogen and oxygen atoms in total. The lowest BCUT2D eigenvalue weighted by Crippen LogP contribution is -2.30. The Balaban J connectivity index is 4.22. The van der Waals surface area contributed by atoms with E-state index in [1.807, 2.05) is 0 Å². The first-order valence-corrected chi connectivity index (χ1v) is 32.6. The number of carbonyl (C=O) groups excluding carboxylic acids is 3. The van der Waals surface area contributed by atoms with E-state index >= 15 is 0 Å². The maximum Gasteiger partial charge on any atom is 0.306 e. The quantitative estimate of drug-likeness (QED) is 0.0343. The topological polar surface area (TPSA) is 78.9 Å². The van der Waals surface area contributed by atoms with E-state index in [0.717, 1.165) is 75.5 Å². The number of ether oxygens (including phenoxy) is 3. The van der Waals surface area contributed by atoms with Crippen LogP contribution in [0.15, 0.2) is 0 Å². The second-order valence-electron chi connectivity index (χ2n) is 24.2. The average molecular weight is 1020 g/mol. The number of carbonyl (C=O) groups is 3. The zero-order chi connectivity index (χ0) is 52.6. The molecule has 0 bridgehead atoms. The highest BCUT2D eigenvalue weighted by Crippen LogP contribution is 2.19. The number of hydrogen-bond donors (Lipinski definition) is 0. The summed E-state index contributed by atoms with van der Waals surface area (Å²) < 4.78 is 17.0. The molecule has 0 saturated heterocycles. The molecule has 0 rings (SSSR count). The Bertz CT molecular complexity index is 1120. The van der Waals surface area contributed by atoms with Crippen LogP contribution in [0.4, 0.5) is 0 Å². The van der Waals surface area contributed by atoms with Crippen LogP contribution >= 0.6 is 0 Å². The molecule has 0 radical (unpaired) electrons. The van der Waals surface area contributed by atoms with Crippen LogP contribution in [0, 0.1) is 17.8 Å². The molecule has 0 amide bonds. The summed E-state index contributed by atoms with van der Waals surface area (Å²) in [5.74, 6) is 1.69. The van der Waals surface area contributed by atoms with Crippen molar-refractivity contribution in [1.29, 1.82) is 0 Å². The molecular weight excluding hydrogens is 889 g/mol. The van der Waals surface area contributed by atoms with Crippen LogP contribution in [-0.2, 0) is 28.6 Å². The van der Waals surface area contributed by atoms with E-state index in [-0.39, 0.29) is 31.1 Å². The molecule has 72 heavy (non-hydrogen) atoms. The summed E-state index contributed by atoms with van der Waals surface area (Å²) in [7, 11) is 0. The third-order valence-electron chi connectivity index (χ3n) is 15.1. The Morgan fingerprint density at radius 3 is 0.597 bits per heavy atom. The first kappa shape index (κ1) is 70.4. The van der Waals surface area contributed by atoms with Gasteiger partial charge in [0, 0.05) is 19.3 Å². The molecule has 0 aromatic heterocycles. The van der Waals surface area contributed by atoms with Crippen molar-refractivity contribution < 1.29 is 28.6 Å². The maximum absolute atomic E-state index is 12.9. The SMILES string of the molecule is CC(C)CCCCCCCCCCCCCCCCCCCCC(=O)OC[C@H](COC(=O)CCCCCCCCCCCC(C)C)OC(=O)CCCCCCCCCCCCCCCCCCCCC(C)C. The van der Waals surface area contributed by atoms with Gasteiger partial charge in [0.1, 0.15) is 13.2 Å². The van der Waals surface area contributed by atoms with Gasteiger partial charge in [-0.3, -0.25) is 14.4 Å².